The van der Waals surface area contributed by atoms with Gasteiger partial charge in [-0.15, -0.1) is 0 Å². The van der Waals surface area contributed by atoms with Crippen LogP contribution in [0.15, 0.2) is 18.2 Å². The number of anilines is 1. The van der Waals surface area contributed by atoms with Crippen molar-refractivity contribution in [2.75, 3.05) is 32.2 Å². The van der Waals surface area contributed by atoms with Crippen LogP contribution in [0.5, 0.6) is 5.75 Å². The van der Waals surface area contributed by atoms with E-state index in [-0.39, 0.29) is 17.9 Å². The molecule has 1 aliphatic heterocycles. The molecular formula is C15H19N3O3. The van der Waals surface area contributed by atoms with Gasteiger partial charge >= 0.3 is 0 Å². The van der Waals surface area contributed by atoms with Gasteiger partial charge in [-0.25, -0.2) is 0 Å². The maximum atomic E-state index is 12.4. The molecule has 112 valence electrons. The molecule has 0 aromatic heterocycles. The van der Waals surface area contributed by atoms with E-state index in [4.69, 9.17) is 14.7 Å². The predicted molar refractivity (Wildman–Crippen MR) is 78.1 cm³/mol. The van der Waals surface area contributed by atoms with Crippen molar-refractivity contribution < 1.29 is 14.3 Å². The van der Waals surface area contributed by atoms with Crippen molar-refractivity contribution in [3.8, 4) is 11.8 Å². The number of rotatable bonds is 5. The van der Waals surface area contributed by atoms with E-state index in [1.54, 1.807) is 18.2 Å². The Morgan fingerprint density at radius 1 is 1.52 bits per heavy atom. The lowest BCUT2D eigenvalue weighted by Gasteiger charge is -2.18. The highest BCUT2D eigenvalue weighted by molar-refractivity contribution is 5.94. The molecule has 0 aliphatic carbocycles. The molecule has 21 heavy (non-hydrogen) atoms. The number of carbonyl (C=O) groups is 1. The lowest BCUT2D eigenvalue weighted by molar-refractivity contribution is -0.120. The maximum Gasteiger partial charge on any atom is 0.231 e. The van der Waals surface area contributed by atoms with Crippen molar-refractivity contribution >= 4 is 11.6 Å². The number of nitrogens with zero attached hydrogens (tertiary/aromatic N) is 1. The van der Waals surface area contributed by atoms with E-state index in [9.17, 15) is 4.79 Å². The molecule has 0 radical (unpaired) electrons. The molecule has 2 atom stereocenters. The summed E-state index contributed by atoms with van der Waals surface area (Å²) in [4.78, 5) is 12.4. The Labute approximate surface area is 124 Å². The monoisotopic (exact) mass is 289 g/mol. The van der Waals surface area contributed by atoms with Gasteiger partial charge in [0, 0.05) is 12.1 Å². The number of nitrogens with one attached hydrogen (secondary N) is 2. The molecule has 0 bridgehead atoms. The van der Waals surface area contributed by atoms with Gasteiger partial charge in [0.2, 0.25) is 5.91 Å². The topological polar surface area (TPSA) is 83.4 Å². The number of methoxy groups -OCH3 is 1. The summed E-state index contributed by atoms with van der Waals surface area (Å²) in [5.74, 6) is 0.132. The van der Waals surface area contributed by atoms with Gasteiger partial charge in [0.15, 0.2) is 0 Å². The van der Waals surface area contributed by atoms with Crippen LogP contribution in [0, 0.1) is 17.2 Å². The minimum absolute atomic E-state index is 0.0272. The highest BCUT2D eigenvalue weighted by Crippen LogP contribution is 2.26. The zero-order valence-electron chi connectivity index (χ0n) is 12.2. The summed E-state index contributed by atoms with van der Waals surface area (Å²) < 4.78 is 10.6. The minimum Gasteiger partial charge on any atom is -0.495 e. The fourth-order valence-corrected chi connectivity index (χ4v) is 2.37. The van der Waals surface area contributed by atoms with Gasteiger partial charge in [0.1, 0.15) is 5.75 Å². The number of hydrogen-bond acceptors (Lipinski definition) is 5. The SMILES string of the molecule is CCNC1COCC1C(=O)Nc1ccc(C#N)cc1OC. The van der Waals surface area contributed by atoms with E-state index in [0.717, 1.165) is 6.54 Å². The number of nitriles is 1. The first-order chi connectivity index (χ1) is 10.2. The summed E-state index contributed by atoms with van der Waals surface area (Å²) in [6.45, 7) is 3.73. The smallest absolute Gasteiger partial charge is 0.231 e. The van der Waals surface area contributed by atoms with Gasteiger partial charge < -0.3 is 20.1 Å². The maximum absolute atomic E-state index is 12.4. The Bertz CT molecular complexity index is 554. The van der Waals surface area contributed by atoms with Crippen molar-refractivity contribution in [2.24, 2.45) is 5.92 Å². The Morgan fingerprint density at radius 3 is 3.00 bits per heavy atom. The van der Waals surface area contributed by atoms with Crippen LogP contribution in [0.2, 0.25) is 0 Å². The first-order valence-corrected chi connectivity index (χ1v) is 6.89. The summed E-state index contributed by atoms with van der Waals surface area (Å²) in [5, 5.41) is 15.0. The molecule has 1 heterocycles. The molecule has 6 nitrogen and oxygen atoms in total. The Morgan fingerprint density at radius 2 is 2.33 bits per heavy atom. The normalized spacial score (nSPS) is 20.8. The summed E-state index contributed by atoms with van der Waals surface area (Å²) in [5.41, 5.74) is 1.04. The Balaban J connectivity index is 2.10. The third kappa shape index (κ3) is 3.51. The van der Waals surface area contributed by atoms with E-state index in [2.05, 4.69) is 10.6 Å². The number of likely N-dealkylation sites (N-methyl/N-ethyl adjacent to an activating group) is 1. The van der Waals surface area contributed by atoms with Gasteiger partial charge in [-0.2, -0.15) is 5.26 Å². The lowest BCUT2D eigenvalue weighted by Crippen LogP contribution is -2.41. The number of ether oxygens (including phenoxy) is 2. The third-order valence-corrected chi connectivity index (χ3v) is 3.47. The van der Waals surface area contributed by atoms with Gasteiger partial charge in [0.05, 0.1) is 43.6 Å². The second kappa shape index (κ2) is 7.07. The standard InChI is InChI=1S/C15H19N3O3/c1-3-17-13-9-21-8-11(13)15(19)18-12-5-4-10(7-16)6-14(12)20-2/h4-6,11,13,17H,3,8-9H2,1-2H3,(H,18,19). The number of carbonyl (C=O) groups excluding carboxylic acids is 1. The fourth-order valence-electron chi connectivity index (χ4n) is 2.37. The largest absolute Gasteiger partial charge is 0.495 e. The van der Waals surface area contributed by atoms with Crippen LogP contribution in [0.3, 0.4) is 0 Å². The zero-order valence-corrected chi connectivity index (χ0v) is 12.2. The van der Waals surface area contributed by atoms with Crippen molar-refractivity contribution in [3.63, 3.8) is 0 Å². The van der Waals surface area contributed by atoms with E-state index in [1.807, 2.05) is 13.0 Å². The van der Waals surface area contributed by atoms with Crippen molar-refractivity contribution in [1.29, 1.82) is 5.26 Å². The van der Waals surface area contributed by atoms with Gasteiger partial charge in [-0.3, -0.25) is 4.79 Å². The Hall–Kier alpha value is -2.10. The number of amides is 1. The molecule has 0 spiro atoms. The molecule has 2 N–H and O–H groups in total. The highest BCUT2D eigenvalue weighted by atomic mass is 16.5. The number of benzene rings is 1. The molecule has 1 aromatic rings. The van der Waals surface area contributed by atoms with Crippen LogP contribution in [0.25, 0.3) is 0 Å². The molecule has 1 saturated heterocycles. The van der Waals surface area contributed by atoms with E-state index in [0.29, 0.717) is 30.2 Å². The van der Waals surface area contributed by atoms with Crippen molar-refractivity contribution in [3.05, 3.63) is 23.8 Å². The van der Waals surface area contributed by atoms with Gasteiger partial charge in [0.25, 0.3) is 0 Å². The molecule has 1 aromatic carbocycles. The van der Waals surface area contributed by atoms with Crippen molar-refractivity contribution in [2.45, 2.75) is 13.0 Å². The van der Waals surface area contributed by atoms with Crippen LogP contribution >= 0.6 is 0 Å². The average molecular weight is 289 g/mol. The second-order valence-electron chi connectivity index (χ2n) is 4.82. The van der Waals surface area contributed by atoms with E-state index >= 15 is 0 Å². The predicted octanol–water partition coefficient (Wildman–Crippen LogP) is 1.13. The molecule has 2 unspecified atom stereocenters. The Kier molecular flexibility index (Phi) is 5.14. The summed E-state index contributed by atoms with van der Waals surface area (Å²) in [6.07, 6.45) is 0. The van der Waals surface area contributed by atoms with Crippen LogP contribution in [-0.4, -0.2) is 38.8 Å². The second-order valence-corrected chi connectivity index (χ2v) is 4.82. The first kappa shape index (κ1) is 15.3. The lowest BCUT2D eigenvalue weighted by atomic mass is 10.0. The highest BCUT2D eigenvalue weighted by Gasteiger charge is 2.33. The first-order valence-electron chi connectivity index (χ1n) is 6.89. The van der Waals surface area contributed by atoms with Crippen LogP contribution in [-0.2, 0) is 9.53 Å². The third-order valence-electron chi connectivity index (χ3n) is 3.47. The van der Waals surface area contributed by atoms with Crippen LogP contribution in [0.4, 0.5) is 5.69 Å². The molecule has 1 amide bonds. The molecule has 1 aliphatic rings. The average Bonchev–Trinajstić information content (AvgIpc) is 2.96. The van der Waals surface area contributed by atoms with Crippen LogP contribution in [0.1, 0.15) is 12.5 Å². The minimum atomic E-state index is -0.231. The van der Waals surface area contributed by atoms with Gasteiger partial charge in [-0.05, 0) is 18.7 Å². The van der Waals surface area contributed by atoms with E-state index in [1.165, 1.54) is 7.11 Å². The molecule has 6 heteroatoms. The molecular weight excluding hydrogens is 270 g/mol. The van der Waals surface area contributed by atoms with Crippen LogP contribution < -0.4 is 15.4 Å². The number of hydrogen-bond donors (Lipinski definition) is 2. The summed E-state index contributed by atoms with van der Waals surface area (Å²) >= 11 is 0. The quantitative estimate of drug-likeness (QED) is 0.849. The fraction of sp³-hybridized carbons (Fsp3) is 0.467. The zero-order chi connectivity index (χ0) is 15.2. The molecule has 0 saturated carbocycles. The molecule has 2 rings (SSSR count). The van der Waals surface area contributed by atoms with E-state index < -0.39 is 0 Å². The summed E-state index contributed by atoms with van der Waals surface area (Å²) in [7, 11) is 1.51. The molecule has 1 fully saturated rings. The summed E-state index contributed by atoms with van der Waals surface area (Å²) in [6, 6.07) is 6.98. The van der Waals surface area contributed by atoms with Gasteiger partial charge in [-0.1, -0.05) is 6.92 Å². The van der Waals surface area contributed by atoms with Crippen molar-refractivity contribution in [1.82, 2.24) is 5.32 Å².